The first-order valence-electron chi connectivity index (χ1n) is 7.43. The number of benzene rings is 1. The molecular formula is C17H25NO2. The van der Waals surface area contributed by atoms with Crippen molar-refractivity contribution in [3.8, 4) is 5.75 Å². The van der Waals surface area contributed by atoms with Crippen molar-refractivity contribution in [3.63, 3.8) is 0 Å². The number of nitrogens with zero attached hydrogens (tertiary/aromatic N) is 1. The Labute approximate surface area is 122 Å². The highest BCUT2D eigenvalue weighted by molar-refractivity contribution is 5.28. The Balaban J connectivity index is 1.67. The third-order valence-electron chi connectivity index (χ3n) is 3.53. The van der Waals surface area contributed by atoms with E-state index in [1.165, 1.54) is 5.56 Å². The third-order valence-corrected chi connectivity index (χ3v) is 3.53. The Morgan fingerprint density at radius 2 is 1.85 bits per heavy atom. The fourth-order valence-electron chi connectivity index (χ4n) is 2.17. The van der Waals surface area contributed by atoms with Gasteiger partial charge in [0.05, 0.1) is 13.2 Å². The Morgan fingerprint density at radius 3 is 2.50 bits per heavy atom. The Kier molecular flexibility index (Phi) is 6.09. The van der Waals surface area contributed by atoms with Crippen LogP contribution in [0.25, 0.3) is 0 Å². The molecule has 0 atom stereocenters. The summed E-state index contributed by atoms with van der Waals surface area (Å²) >= 11 is 0. The summed E-state index contributed by atoms with van der Waals surface area (Å²) in [5.41, 5.74) is 1.35. The van der Waals surface area contributed by atoms with Crippen LogP contribution in [0.2, 0.25) is 0 Å². The second kappa shape index (κ2) is 8.08. The second-order valence-corrected chi connectivity index (χ2v) is 5.42. The van der Waals surface area contributed by atoms with E-state index in [-0.39, 0.29) is 0 Å². The monoisotopic (exact) mass is 275 g/mol. The lowest BCUT2D eigenvalue weighted by atomic mass is 10.0. The van der Waals surface area contributed by atoms with Gasteiger partial charge in [0.15, 0.2) is 0 Å². The first kappa shape index (κ1) is 15.1. The molecule has 1 aromatic rings. The van der Waals surface area contributed by atoms with Crippen LogP contribution < -0.4 is 4.74 Å². The molecule has 1 aliphatic heterocycles. The van der Waals surface area contributed by atoms with Crippen molar-refractivity contribution in [1.82, 2.24) is 4.90 Å². The largest absolute Gasteiger partial charge is 0.490 e. The number of morpholine rings is 1. The van der Waals surface area contributed by atoms with Crippen molar-refractivity contribution in [2.75, 3.05) is 39.5 Å². The SMILES string of the molecule is CC(C)c1ccc(OCC=CCN2CCOCC2)cc1. The molecule has 1 heterocycles. The predicted molar refractivity (Wildman–Crippen MR) is 82.4 cm³/mol. The van der Waals surface area contributed by atoms with E-state index < -0.39 is 0 Å². The molecule has 0 bridgehead atoms. The minimum Gasteiger partial charge on any atom is -0.490 e. The molecule has 0 unspecified atom stereocenters. The maximum absolute atomic E-state index is 5.70. The van der Waals surface area contributed by atoms with Crippen LogP contribution in [0.5, 0.6) is 5.75 Å². The van der Waals surface area contributed by atoms with E-state index in [0.717, 1.165) is 38.6 Å². The zero-order chi connectivity index (χ0) is 14.2. The van der Waals surface area contributed by atoms with Gasteiger partial charge in [-0.3, -0.25) is 4.90 Å². The molecule has 3 heteroatoms. The van der Waals surface area contributed by atoms with Gasteiger partial charge in [0, 0.05) is 19.6 Å². The van der Waals surface area contributed by atoms with E-state index in [1.807, 2.05) is 12.1 Å². The topological polar surface area (TPSA) is 21.7 Å². The van der Waals surface area contributed by atoms with Crippen LogP contribution in [-0.4, -0.2) is 44.4 Å². The van der Waals surface area contributed by atoms with Crippen molar-refractivity contribution in [2.24, 2.45) is 0 Å². The van der Waals surface area contributed by atoms with Gasteiger partial charge in [-0.15, -0.1) is 0 Å². The number of rotatable bonds is 6. The molecule has 20 heavy (non-hydrogen) atoms. The van der Waals surface area contributed by atoms with Crippen molar-refractivity contribution in [2.45, 2.75) is 19.8 Å². The maximum Gasteiger partial charge on any atom is 0.119 e. The highest BCUT2D eigenvalue weighted by Crippen LogP contribution is 2.18. The molecule has 0 saturated carbocycles. The van der Waals surface area contributed by atoms with Crippen molar-refractivity contribution >= 4 is 0 Å². The third kappa shape index (κ3) is 4.99. The molecule has 1 saturated heterocycles. The minimum atomic E-state index is 0.567. The number of ether oxygens (including phenoxy) is 2. The summed E-state index contributed by atoms with van der Waals surface area (Å²) in [7, 11) is 0. The molecule has 2 rings (SSSR count). The smallest absolute Gasteiger partial charge is 0.119 e. The molecule has 0 aromatic heterocycles. The zero-order valence-electron chi connectivity index (χ0n) is 12.5. The summed E-state index contributed by atoms with van der Waals surface area (Å²) in [4.78, 5) is 2.39. The fourth-order valence-corrected chi connectivity index (χ4v) is 2.17. The van der Waals surface area contributed by atoms with Crippen LogP contribution in [0.4, 0.5) is 0 Å². The minimum absolute atomic E-state index is 0.567. The second-order valence-electron chi connectivity index (χ2n) is 5.42. The molecule has 1 fully saturated rings. The fraction of sp³-hybridized carbons (Fsp3) is 0.529. The van der Waals surface area contributed by atoms with Gasteiger partial charge in [0.25, 0.3) is 0 Å². The Bertz CT molecular complexity index is 406. The number of hydrogen-bond acceptors (Lipinski definition) is 3. The lowest BCUT2D eigenvalue weighted by molar-refractivity contribution is 0.0434. The maximum atomic E-state index is 5.70. The van der Waals surface area contributed by atoms with E-state index in [0.29, 0.717) is 12.5 Å². The first-order chi connectivity index (χ1) is 9.75. The van der Waals surface area contributed by atoms with Crippen LogP contribution in [0, 0.1) is 0 Å². The Hall–Kier alpha value is -1.32. The van der Waals surface area contributed by atoms with Crippen LogP contribution in [0.15, 0.2) is 36.4 Å². The molecule has 1 aliphatic rings. The normalized spacial score (nSPS) is 16.9. The average Bonchev–Trinajstić information content (AvgIpc) is 2.48. The van der Waals surface area contributed by atoms with Gasteiger partial charge in [0.2, 0.25) is 0 Å². The average molecular weight is 275 g/mol. The number of hydrogen-bond donors (Lipinski definition) is 0. The predicted octanol–water partition coefficient (Wildman–Crippen LogP) is 3.08. The highest BCUT2D eigenvalue weighted by Gasteiger charge is 2.07. The van der Waals surface area contributed by atoms with Gasteiger partial charge in [-0.1, -0.05) is 38.1 Å². The molecule has 1 aromatic carbocycles. The van der Waals surface area contributed by atoms with Crippen molar-refractivity contribution in [1.29, 1.82) is 0 Å². The molecule has 0 aliphatic carbocycles. The van der Waals surface area contributed by atoms with E-state index in [1.54, 1.807) is 0 Å². The van der Waals surface area contributed by atoms with E-state index in [9.17, 15) is 0 Å². The summed E-state index contributed by atoms with van der Waals surface area (Å²) in [5.74, 6) is 1.50. The summed E-state index contributed by atoms with van der Waals surface area (Å²) in [6.07, 6.45) is 4.26. The highest BCUT2D eigenvalue weighted by atomic mass is 16.5. The summed E-state index contributed by atoms with van der Waals surface area (Å²) < 4.78 is 11.0. The standard InChI is InChI=1S/C17H25NO2/c1-15(2)16-5-7-17(8-6-16)20-12-4-3-9-18-10-13-19-14-11-18/h3-8,15H,9-14H2,1-2H3. The lowest BCUT2D eigenvalue weighted by Gasteiger charge is -2.25. The zero-order valence-corrected chi connectivity index (χ0v) is 12.5. The first-order valence-corrected chi connectivity index (χ1v) is 7.43. The molecule has 3 nitrogen and oxygen atoms in total. The molecule has 0 radical (unpaired) electrons. The van der Waals surface area contributed by atoms with E-state index in [2.05, 4.69) is 43.0 Å². The molecular weight excluding hydrogens is 250 g/mol. The van der Waals surface area contributed by atoms with Gasteiger partial charge in [0.1, 0.15) is 12.4 Å². The molecule has 0 spiro atoms. The molecule has 110 valence electrons. The summed E-state index contributed by atoms with van der Waals surface area (Å²) in [6, 6.07) is 8.37. The van der Waals surface area contributed by atoms with Gasteiger partial charge < -0.3 is 9.47 Å². The van der Waals surface area contributed by atoms with Gasteiger partial charge in [-0.05, 0) is 23.6 Å². The van der Waals surface area contributed by atoms with Crippen LogP contribution in [-0.2, 0) is 4.74 Å². The van der Waals surface area contributed by atoms with E-state index in [4.69, 9.17) is 9.47 Å². The van der Waals surface area contributed by atoms with Gasteiger partial charge in [-0.25, -0.2) is 0 Å². The summed E-state index contributed by atoms with van der Waals surface area (Å²) in [6.45, 7) is 9.78. The van der Waals surface area contributed by atoms with Crippen LogP contribution in [0.3, 0.4) is 0 Å². The Morgan fingerprint density at radius 1 is 1.15 bits per heavy atom. The quantitative estimate of drug-likeness (QED) is 0.745. The van der Waals surface area contributed by atoms with Crippen molar-refractivity contribution < 1.29 is 9.47 Å². The van der Waals surface area contributed by atoms with Crippen molar-refractivity contribution in [3.05, 3.63) is 42.0 Å². The van der Waals surface area contributed by atoms with Gasteiger partial charge in [-0.2, -0.15) is 0 Å². The molecule has 0 N–H and O–H groups in total. The lowest BCUT2D eigenvalue weighted by Crippen LogP contribution is -2.36. The van der Waals surface area contributed by atoms with Crippen LogP contribution in [0.1, 0.15) is 25.3 Å². The van der Waals surface area contributed by atoms with Gasteiger partial charge >= 0.3 is 0 Å². The van der Waals surface area contributed by atoms with E-state index >= 15 is 0 Å². The molecule has 0 amide bonds. The summed E-state index contributed by atoms with van der Waals surface area (Å²) in [5, 5.41) is 0. The van der Waals surface area contributed by atoms with Crippen LogP contribution >= 0.6 is 0 Å².